The first-order valence-electron chi connectivity index (χ1n) is 15.9. The Morgan fingerprint density at radius 3 is 2.68 bits per heavy atom. The van der Waals surface area contributed by atoms with Crippen molar-refractivity contribution in [3.05, 3.63) is 58.1 Å². The van der Waals surface area contributed by atoms with Crippen molar-refractivity contribution < 1.29 is 31.6 Å². The van der Waals surface area contributed by atoms with Gasteiger partial charge in [0, 0.05) is 30.6 Å². The largest absolute Gasteiger partial charge is 0.490 e. The molecule has 1 unspecified atom stereocenters. The maximum absolute atomic E-state index is 12.6. The summed E-state index contributed by atoms with van der Waals surface area (Å²) < 4.78 is 47.0. The van der Waals surface area contributed by atoms with E-state index >= 15 is 0 Å². The molecule has 1 aliphatic heterocycles. The number of fused-ring (bicyclic) bond motifs is 3. The van der Waals surface area contributed by atoms with Crippen LogP contribution in [0.1, 0.15) is 72.9 Å². The highest BCUT2D eigenvalue weighted by atomic mass is 35.5. The van der Waals surface area contributed by atoms with Crippen molar-refractivity contribution in [3.8, 4) is 5.75 Å². The fourth-order valence-electron chi connectivity index (χ4n) is 8.43. The molecule has 2 fully saturated rings. The Hall–Kier alpha value is -2.33. The molecule has 0 bridgehead atoms. The first-order chi connectivity index (χ1) is 21.1. The fraction of sp³-hybridized carbons (Fsp3) is 0.618. The zero-order chi connectivity index (χ0) is 31.1. The number of halogens is 1. The van der Waals surface area contributed by atoms with Gasteiger partial charge >= 0.3 is 5.97 Å². The van der Waals surface area contributed by atoms with Gasteiger partial charge in [-0.1, -0.05) is 24.1 Å². The van der Waals surface area contributed by atoms with E-state index in [1.54, 1.807) is 13.2 Å². The Morgan fingerprint density at radius 1 is 1.11 bits per heavy atom. The van der Waals surface area contributed by atoms with Crippen LogP contribution in [0.2, 0.25) is 5.02 Å². The van der Waals surface area contributed by atoms with Crippen molar-refractivity contribution in [2.45, 2.75) is 75.4 Å². The lowest BCUT2D eigenvalue weighted by Crippen LogP contribution is -2.51. The number of esters is 1. The van der Waals surface area contributed by atoms with Crippen LogP contribution in [0.5, 0.6) is 5.75 Å². The summed E-state index contributed by atoms with van der Waals surface area (Å²) in [7, 11) is -0.308. The van der Waals surface area contributed by atoms with Crippen molar-refractivity contribution in [2.24, 2.45) is 17.8 Å². The third kappa shape index (κ3) is 6.48. The van der Waals surface area contributed by atoms with Gasteiger partial charge in [-0.3, -0.25) is 4.18 Å². The molecule has 6 atom stereocenters. The SMILES string of the molecule is COC(=O)c1ccc2c(c1)N(C[C@@H]1CC[C@H]1[C@@H](OC)[C@H]1CCC[C@H](OS(C)(=O)=O)C1)CC1(CCCc3cc(Cl)ccc31)CO2. The molecule has 0 amide bonds. The van der Waals surface area contributed by atoms with Gasteiger partial charge in [0.05, 0.1) is 43.4 Å². The zero-order valence-electron chi connectivity index (χ0n) is 25.9. The fourth-order valence-corrected chi connectivity index (χ4v) is 9.29. The van der Waals surface area contributed by atoms with E-state index in [2.05, 4.69) is 17.0 Å². The molecule has 1 spiro atoms. The van der Waals surface area contributed by atoms with Crippen LogP contribution in [0, 0.1) is 17.8 Å². The highest BCUT2D eigenvalue weighted by Crippen LogP contribution is 2.48. The highest BCUT2D eigenvalue weighted by Gasteiger charge is 2.46. The van der Waals surface area contributed by atoms with Crippen LogP contribution in [0.25, 0.3) is 0 Å². The van der Waals surface area contributed by atoms with E-state index < -0.39 is 10.1 Å². The standard InChI is InChI=1S/C34H44ClNO7S/c1-40-32(23-6-4-8-27(17-23)43-44(3,38)39)28-12-9-25(28)19-36-20-34(15-5-7-22-16-26(35)11-13-29(22)34)21-42-31-14-10-24(18-30(31)36)33(37)41-2/h10-11,13-14,16,18,23,25,27-28,32H,4-9,12,15,17,19-21H2,1-3H3/t23-,25-,27-,28+,32-,34?/m0/s1. The van der Waals surface area contributed by atoms with Gasteiger partial charge in [-0.15, -0.1) is 0 Å². The molecular formula is C34H44ClNO7S. The average molecular weight is 646 g/mol. The van der Waals surface area contributed by atoms with Crippen LogP contribution in [0.15, 0.2) is 36.4 Å². The molecule has 0 aromatic heterocycles. The van der Waals surface area contributed by atoms with Gasteiger partial charge in [-0.25, -0.2) is 4.79 Å². The lowest BCUT2D eigenvalue weighted by Gasteiger charge is -2.48. The number of ether oxygens (including phenoxy) is 3. The van der Waals surface area contributed by atoms with Gasteiger partial charge in [-0.2, -0.15) is 8.42 Å². The molecule has 240 valence electrons. The molecule has 10 heteroatoms. The van der Waals surface area contributed by atoms with E-state index in [0.717, 1.165) is 87.2 Å². The highest BCUT2D eigenvalue weighted by molar-refractivity contribution is 7.86. The Bertz CT molecular complexity index is 1480. The van der Waals surface area contributed by atoms with Gasteiger partial charge in [0.1, 0.15) is 5.75 Å². The normalized spacial score (nSPS) is 29.0. The van der Waals surface area contributed by atoms with Crippen LogP contribution < -0.4 is 9.64 Å². The molecular weight excluding hydrogens is 602 g/mol. The van der Waals surface area contributed by atoms with E-state index in [-0.39, 0.29) is 29.5 Å². The minimum absolute atomic E-state index is 0.0373. The number of methoxy groups -OCH3 is 2. The number of aryl methyl sites for hydroxylation is 1. The van der Waals surface area contributed by atoms with Crippen LogP contribution in [-0.2, 0) is 35.6 Å². The topological polar surface area (TPSA) is 91.4 Å². The number of hydrogen-bond acceptors (Lipinski definition) is 8. The van der Waals surface area contributed by atoms with E-state index in [4.69, 9.17) is 30.0 Å². The van der Waals surface area contributed by atoms with Crippen LogP contribution >= 0.6 is 11.6 Å². The maximum atomic E-state index is 12.6. The van der Waals surface area contributed by atoms with Crippen LogP contribution in [0.3, 0.4) is 0 Å². The summed E-state index contributed by atoms with van der Waals surface area (Å²) >= 11 is 6.42. The predicted molar refractivity (Wildman–Crippen MR) is 170 cm³/mol. The van der Waals surface area contributed by atoms with E-state index in [9.17, 15) is 13.2 Å². The maximum Gasteiger partial charge on any atom is 0.337 e. The quantitative estimate of drug-likeness (QED) is 0.249. The number of benzene rings is 2. The van der Waals surface area contributed by atoms with E-state index in [0.29, 0.717) is 30.4 Å². The first kappa shape index (κ1) is 31.6. The van der Waals surface area contributed by atoms with Crippen LogP contribution in [0.4, 0.5) is 5.69 Å². The van der Waals surface area contributed by atoms with Crippen molar-refractivity contribution in [3.63, 3.8) is 0 Å². The Balaban J connectivity index is 1.29. The van der Waals surface area contributed by atoms with Crippen molar-refractivity contribution in [1.29, 1.82) is 0 Å². The van der Waals surface area contributed by atoms with Crippen LogP contribution in [-0.4, -0.2) is 66.8 Å². The summed E-state index contributed by atoms with van der Waals surface area (Å²) in [4.78, 5) is 15.0. The number of hydrogen-bond donors (Lipinski definition) is 0. The zero-order valence-corrected chi connectivity index (χ0v) is 27.5. The molecule has 6 rings (SSSR count). The third-order valence-electron chi connectivity index (χ3n) is 10.5. The molecule has 4 aliphatic rings. The minimum atomic E-state index is -3.50. The van der Waals surface area contributed by atoms with Gasteiger partial charge in [0.2, 0.25) is 0 Å². The Kier molecular flexibility index (Phi) is 9.22. The molecule has 2 aromatic carbocycles. The lowest BCUT2D eigenvalue weighted by atomic mass is 9.65. The van der Waals surface area contributed by atoms with E-state index in [1.807, 2.05) is 18.2 Å². The molecule has 3 aliphatic carbocycles. The summed E-state index contributed by atoms with van der Waals surface area (Å²) in [5, 5.41) is 0.757. The van der Waals surface area contributed by atoms with Gasteiger partial charge in [0.15, 0.2) is 0 Å². The van der Waals surface area contributed by atoms with Gasteiger partial charge in [0.25, 0.3) is 10.1 Å². The number of carbonyl (C=O) groups excluding carboxylic acids is 1. The number of nitrogens with zero attached hydrogens (tertiary/aromatic N) is 1. The number of anilines is 1. The van der Waals surface area contributed by atoms with Crippen molar-refractivity contribution in [1.82, 2.24) is 0 Å². The molecule has 8 nitrogen and oxygen atoms in total. The summed E-state index contributed by atoms with van der Waals surface area (Å²) in [5.74, 6) is 1.40. The van der Waals surface area contributed by atoms with Crippen molar-refractivity contribution >= 4 is 33.4 Å². The molecule has 0 saturated heterocycles. The Morgan fingerprint density at radius 2 is 1.95 bits per heavy atom. The smallest absolute Gasteiger partial charge is 0.337 e. The summed E-state index contributed by atoms with van der Waals surface area (Å²) in [5.41, 5.74) is 3.81. The molecule has 0 radical (unpaired) electrons. The van der Waals surface area contributed by atoms with E-state index in [1.165, 1.54) is 18.2 Å². The molecule has 2 saturated carbocycles. The predicted octanol–water partition coefficient (Wildman–Crippen LogP) is 6.18. The molecule has 0 N–H and O–H groups in total. The summed E-state index contributed by atoms with van der Waals surface area (Å²) in [6, 6.07) is 11.9. The second kappa shape index (κ2) is 12.8. The number of rotatable bonds is 8. The van der Waals surface area contributed by atoms with Gasteiger partial charge < -0.3 is 19.1 Å². The van der Waals surface area contributed by atoms with Crippen molar-refractivity contribution in [2.75, 3.05) is 45.1 Å². The molecule has 2 aromatic rings. The Labute approximate surface area is 266 Å². The minimum Gasteiger partial charge on any atom is -0.490 e. The summed E-state index contributed by atoms with van der Waals surface area (Å²) in [6.07, 6.45) is 9.51. The van der Waals surface area contributed by atoms with Gasteiger partial charge in [-0.05, 0) is 111 Å². The average Bonchev–Trinajstić information content (AvgIpc) is 3.13. The third-order valence-corrected chi connectivity index (χ3v) is 11.4. The second-order valence-electron chi connectivity index (χ2n) is 13.3. The lowest BCUT2D eigenvalue weighted by molar-refractivity contribution is -0.0693. The first-order valence-corrected chi connectivity index (χ1v) is 18.1. The summed E-state index contributed by atoms with van der Waals surface area (Å²) in [6.45, 7) is 2.14. The second-order valence-corrected chi connectivity index (χ2v) is 15.4. The monoisotopic (exact) mass is 645 g/mol. The molecule has 44 heavy (non-hydrogen) atoms. The number of carbonyl (C=O) groups is 1. The molecule has 1 heterocycles.